The number of fused-ring (bicyclic) bond motifs is 1. The SMILES string of the molecule is CCS(=O)(=O)c1ccc(Cc2cc3cc(C(N)=O)ccc3n2CC2CCOCC2)cc1. The van der Waals surface area contributed by atoms with Gasteiger partial charge in [0.1, 0.15) is 0 Å². The van der Waals surface area contributed by atoms with E-state index in [1.54, 1.807) is 25.1 Å². The second-order valence-corrected chi connectivity index (χ2v) is 10.4. The van der Waals surface area contributed by atoms with Crippen molar-refractivity contribution in [2.75, 3.05) is 19.0 Å². The normalized spacial score (nSPS) is 15.4. The quantitative estimate of drug-likeness (QED) is 0.608. The first kappa shape index (κ1) is 21.6. The van der Waals surface area contributed by atoms with Crippen LogP contribution in [0.15, 0.2) is 53.4 Å². The van der Waals surface area contributed by atoms with E-state index >= 15 is 0 Å². The number of benzene rings is 2. The van der Waals surface area contributed by atoms with Gasteiger partial charge in [0.15, 0.2) is 9.84 Å². The van der Waals surface area contributed by atoms with Crippen LogP contribution in [0, 0.1) is 5.92 Å². The molecule has 3 aromatic rings. The maximum Gasteiger partial charge on any atom is 0.248 e. The molecule has 0 bridgehead atoms. The van der Waals surface area contributed by atoms with E-state index in [4.69, 9.17) is 10.5 Å². The van der Waals surface area contributed by atoms with Crippen LogP contribution in [0.2, 0.25) is 0 Å². The fraction of sp³-hybridized carbons (Fsp3) is 0.375. The molecule has 2 aromatic carbocycles. The summed E-state index contributed by atoms with van der Waals surface area (Å²) in [7, 11) is -3.21. The van der Waals surface area contributed by atoms with Gasteiger partial charge in [-0.25, -0.2) is 8.42 Å². The third-order valence-corrected chi connectivity index (χ3v) is 7.85. The Labute approximate surface area is 182 Å². The second kappa shape index (κ2) is 8.85. The molecule has 1 aliphatic rings. The summed E-state index contributed by atoms with van der Waals surface area (Å²) in [6, 6.07) is 14.8. The Morgan fingerprint density at radius 1 is 1.10 bits per heavy atom. The number of rotatable bonds is 7. The zero-order valence-corrected chi connectivity index (χ0v) is 18.5. The van der Waals surface area contributed by atoms with Crippen molar-refractivity contribution in [1.29, 1.82) is 0 Å². The molecule has 0 saturated carbocycles. The van der Waals surface area contributed by atoms with Crippen molar-refractivity contribution in [3.63, 3.8) is 0 Å². The molecular weight excluding hydrogens is 412 g/mol. The van der Waals surface area contributed by atoms with E-state index in [2.05, 4.69) is 10.6 Å². The summed E-state index contributed by atoms with van der Waals surface area (Å²) >= 11 is 0. The summed E-state index contributed by atoms with van der Waals surface area (Å²) in [4.78, 5) is 12.0. The highest BCUT2D eigenvalue weighted by Gasteiger charge is 2.19. The highest BCUT2D eigenvalue weighted by molar-refractivity contribution is 7.91. The first-order chi connectivity index (χ1) is 14.9. The van der Waals surface area contributed by atoms with E-state index in [0.717, 1.165) is 54.8 Å². The predicted octanol–water partition coefficient (Wildman–Crippen LogP) is 3.55. The first-order valence-corrected chi connectivity index (χ1v) is 12.3. The van der Waals surface area contributed by atoms with Crippen molar-refractivity contribution < 1.29 is 17.9 Å². The molecule has 1 fully saturated rings. The Balaban J connectivity index is 1.69. The number of carbonyl (C=O) groups is 1. The largest absolute Gasteiger partial charge is 0.381 e. The van der Waals surface area contributed by atoms with Crippen LogP contribution in [0.1, 0.15) is 41.4 Å². The molecule has 1 saturated heterocycles. The summed E-state index contributed by atoms with van der Waals surface area (Å²) in [5.74, 6) is 0.192. The molecule has 1 aromatic heterocycles. The second-order valence-electron chi connectivity index (χ2n) is 8.16. The Morgan fingerprint density at radius 2 is 1.81 bits per heavy atom. The Bertz CT molecular complexity index is 1190. The van der Waals surface area contributed by atoms with Crippen molar-refractivity contribution in [2.45, 2.75) is 37.6 Å². The Hall–Kier alpha value is -2.64. The van der Waals surface area contributed by atoms with Crippen molar-refractivity contribution in [3.8, 4) is 0 Å². The lowest BCUT2D eigenvalue weighted by Crippen LogP contribution is -2.21. The highest BCUT2D eigenvalue weighted by atomic mass is 32.2. The van der Waals surface area contributed by atoms with Crippen molar-refractivity contribution in [1.82, 2.24) is 4.57 Å². The van der Waals surface area contributed by atoms with E-state index in [1.165, 1.54) is 0 Å². The van der Waals surface area contributed by atoms with Crippen molar-refractivity contribution in [3.05, 3.63) is 65.4 Å². The number of hydrogen-bond donors (Lipinski definition) is 1. The molecule has 7 heteroatoms. The van der Waals surface area contributed by atoms with Crippen LogP contribution in [0.3, 0.4) is 0 Å². The van der Waals surface area contributed by atoms with Crippen LogP contribution in [0.4, 0.5) is 0 Å². The minimum absolute atomic E-state index is 0.0912. The third kappa shape index (κ3) is 4.67. The van der Waals surface area contributed by atoms with Gasteiger partial charge in [0.05, 0.1) is 10.6 Å². The molecule has 0 spiro atoms. The molecule has 0 atom stereocenters. The molecule has 1 aliphatic heterocycles. The number of nitrogens with two attached hydrogens (primary N) is 1. The maximum atomic E-state index is 12.1. The highest BCUT2D eigenvalue weighted by Crippen LogP contribution is 2.27. The molecular formula is C24H28N2O4S. The van der Waals surface area contributed by atoms with Gasteiger partial charge in [-0.05, 0) is 60.7 Å². The van der Waals surface area contributed by atoms with Crippen LogP contribution in [-0.4, -0.2) is 37.9 Å². The molecule has 0 radical (unpaired) electrons. The fourth-order valence-electron chi connectivity index (χ4n) is 4.22. The van der Waals surface area contributed by atoms with E-state index in [1.807, 2.05) is 24.3 Å². The van der Waals surface area contributed by atoms with Crippen LogP contribution in [0.25, 0.3) is 10.9 Å². The molecule has 164 valence electrons. The molecule has 2 heterocycles. The monoisotopic (exact) mass is 440 g/mol. The summed E-state index contributed by atoms with van der Waals surface area (Å²) in [5, 5.41) is 0.989. The summed E-state index contributed by atoms with van der Waals surface area (Å²) in [5.41, 5.74) is 9.23. The standard InChI is InChI=1S/C24H28N2O4S/c1-2-31(28,29)22-6-3-17(4-7-22)13-21-15-20-14-19(24(25)27)5-8-23(20)26(21)16-18-9-11-30-12-10-18/h3-8,14-15,18H,2,9-13,16H2,1H3,(H2,25,27). The maximum absolute atomic E-state index is 12.1. The lowest BCUT2D eigenvalue weighted by molar-refractivity contribution is 0.0614. The smallest absolute Gasteiger partial charge is 0.248 e. The summed E-state index contributed by atoms with van der Waals surface area (Å²) < 4.78 is 32.0. The van der Waals surface area contributed by atoms with Crippen LogP contribution < -0.4 is 5.73 Å². The van der Waals surface area contributed by atoms with Gasteiger partial charge in [0.25, 0.3) is 0 Å². The minimum atomic E-state index is -3.21. The number of sulfone groups is 1. The molecule has 1 amide bonds. The van der Waals surface area contributed by atoms with Gasteiger partial charge in [-0.3, -0.25) is 4.79 Å². The fourth-order valence-corrected chi connectivity index (χ4v) is 5.11. The van der Waals surface area contributed by atoms with E-state index < -0.39 is 15.7 Å². The lowest BCUT2D eigenvalue weighted by Gasteiger charge is -2.24. The van der Waals surface area contributed by atoms with Gasteiger partial charge >= 0.3 is 0 Å². The van der Waals surface area contributed by atoms with Gasteiger partial charge in [-0.2, -0.15) is 0 Å². The van der Waals surface area contributed by atoms with E-state index in [9.17, 15) is 13.2 Å². The Morgan fingerprint density at radius 3 is 2.45 bits per heavy atom. The average molecular weight is 441 g/mol. The number of aromatic nitrogens is 1. The van der Waals surface area contributed by atoms with Gasteiger partial charge < -0.3 is 15.0 Å². The van der Waals surface area contributed by atoms with Gasteiger partial charge in [0.2, 0.25) is 5.91 Å². The Kier molecular flexibility index (Phi) is 6.16. The third-order valence-electron chi connectivity index (χ3n) is 6.10. The minimum Gasteiger partial charge on any atom is -0.381 e. The number of nitrogens with zero attached hydrogens (tertiary/aromatic N) is 1. The molecule has 0 aliphatic carbocycles. The van der Waals surface area contributed by atoms with Crippen molar-refractivity contribution in [2.24, 2.45) is 11.7 Å². The van der Waals surface area contributed by atoms with Crippen LogP contribution in [-0.2, 0) is 27.5 Å². The molecule has 2 N–H and O–H groups in total. The van der Waals surface area contributed by atoms with Gasteiger partial charge in [-0.15, -0.1) is 0 Å². The number of hydrogen-bond acceptors (Lipinski definition) is 4. The molecule has 31 heavy (non-hydrogen) atoms. The molecule has 6 nitrogen and oxygen atoms in total. The van der Waals surface area contributed by atoms with E-state index in [0.29, 0.717) is 22.8 Å². The van der Waals surface area contributed by atoms with Gasteiger partial charge in [0, 0.05) is 48.3 Å². The topological polar surface area (TPSA) is 91.4 Å². The molecule has 0 unspecified atom stereocenters. The summed E-state index contributed by atoms with van der Waals surface area (Å²) in [6.45, 7) is 4.12. The number of amides is 1. The number of carbonyl (C=O) groups excluding carboxylic acids is 1. The van der Waals surface area contributed by atoms with Gasteiger partial charge in [-0.1, -0.05) is 19.1 Å². The zero-order chi connectivity index (χ0) is 22.0. The first-order valence-electron chi connectivity index (χ1n) is 10.7. The van der Waals surface area contributed by atoms with Crippen LogP contribution in [0.5, 0.6) is 0 Å². The predicted molar refractivity (Wildman–Crippen MR) is 121 cm³/mol. The van der Waals surface area contributed by atoms with Crippen LogP contribution >= 0.6 is 0 Å². The van der Waals surface area contributed by atoms with Crippen molar-refractivity contribution >= 4 is 26.6 Å². The van der Waals surface area contributed by atoms with E-state index in [-0.39, 0.29) is 5.75 Å². The number of ether oxygens (including phenoxy) is 1. The lowest BCUT2D eigenvalue weighted by atomic mass is 10.00. The molecule has 4 rings (SSSR count). The summed E-state index contributed by atoms with van der Waals surface area (Å²) in [6.07, 6.45) is 2.74. The zero-order valence-electron chi connectivity index (χ0n) is 17.7. The average Bonchev–Trinajstić information content (AvgIpc) is 3.11. The number of primary amides is 1.